The second-order valence-corrected chi connectivity index (χ2v) is 9.69. The highest BCUT2D eigenvalue weighted by Gasteiger charge is 2.30. The van der Waals surface area contributed by atoms with E-state index in [4.69, 9.17) is 26.3 Å². The highest BCUT2D eigenvalue weighted by molar-refractivity contribution is 6.31. The summed E-state index contributed by atoms with van der Waals surface area (Å²) in [5, 5.41) is 5.14. The van der Waals surface area contributed by atoms with Crippen LogP contribution in [-0.2, 0) is 16.1 Å². The van der Waals surface area contributed by atoms with Gasteiger partial charge < -0.3 is 15.0 Å². The van der Waals surface area contributed by atoms with Gasteiger partial charge in [0.1, 0.15) is 11.6 Å². The summed E-state index contributed by atoms with van der Waals surface area (Å²) in [6.07, 6.45) is 6.57. The van der Waals surface area contributed by atoms with Gasteiger partial charge in [-0.2, -0.15) is 0 Å². The Morgan fingerprint density at radius 2 is 1.91 bits per heavy atom. The number of ether oxygens (including phenoxy) is 1. The Hall–Kier alpha value is -1.96. The number of benzene rings is 1. The molecule has 1 atom stereocenters. The summed E-state index contributed by atoms with van der Waals surface area (Å²) in [5.74, 6) is 2.17. The van der Waals surface area contributed by atoms with E-state index >= 15 is 0 Å². The summed E-state index contributed by atoms with van der Waals surface area (Å²) in [5.41, 5.74) is 0.858. The monoisotopic (exact) mass is 457 g/mol. The number of likely N-dealkylation sites (tertiary alicyclic amines) is 2. The van der Waals surface area contributed by atoms with Crippen molar-refractivity contribution in [2.24, 2.45) is 5.92 Å². The molecule has 32 heavy (non-hydrogen) atoms. The van der Waals surface area contributed by atoms with Crippen molar-refractivity contribution in [3.63, 3.8) is 0 Å². The van der Waals surface area contributed by atoms with Crippen molar-refractivity contribution in [2.75, 3.05) is 44.6 Å². The molecule has 1 N–H and O–H groups in total. The lowest BCUT2D eigenvalue weighted by atomic mass is 9.95. The number of hydrogen-bond acceptors (Lipinski definition) is 6. The van der Waals surface area contributed by atoms with Crippen molar-refractivity contribution in [2.45, 2.75) is 51.2 Å². The van der Waals surface area contributed by atoms with Gasteiger partial charge in [0.05, 0.1) is 18.2 Å². The predicted molar refractivity (Wildman–Crippen MR) is 126 cm³/mol. The average molecular weight is 458 g/mol. The maximum atomic E-state index is 12.7. The summed E-state index contributed by atoms with van der Waals surface area (Å²) in [7, 11) is 0. The zero-order chi connectivity index (χ0) is 21.9. The Balaban J connectivity index is 1.26. The quantitative estimate of drug-likeness (QED) is 0.713. The third-order valence-electron chi connectivity index (χ3n) is 6.95. The zero-order valence-electron chi connectivity index (χ0n) is 18.6. The Kier molecular flexibility index (Phi) is 6.76. The van der Waals surface area contributed by atoms with E-state index in [2.05, 4.69) is 15.1 Å². The van der Waals surface area contributed by atoms with Gasteiger partial charge in [-0.25, -0.2) is 9.97 Å². The second kappa shape index (κ2) is 9.89. The number of halogens is 1. The van der Waals surface area contributed by atoms with Crippen molar-refractivity contribution in [3.05, 3.63) is 29.0 Å². The van der Waals surface area contributed by atoms with E-state index in [9.17, 15) is 4.79 Å². The molecule has 2 aromatic rings. The van der Waals surface area contributed by atoms with Crippen LogP contribution in [-0.4, -0.2) is 71.1 Å². The molecule has 3 aliphatic heterocycles. The number of carbonyl (C=O) groups is 1. The third-order valence-corrected chi connectivity index (χ3v) is 7.18. The van der Waals surface area contributed by atoms with E-state index in [0.717, 1.165) is 100 Å². The first-order chi connectivity index (χ1) is 15.7. The molecule has 5 rings (SSSR count). The maximum absolute atomic E-state index is 12.7. The van der Waals surface area contributed by atoms with E-state index in [1.54, 1.807) is 0 Å². The Morgan fingerprint density at radius 1 is 1.09 bits per heavy atom. The van der Waals surface area contributed by atoms with E-state index in [1.165, 1.54) is 0 Å². The molecule has 3 saturated heterocycles. The molecule has 1 aromatic carbocycles. The Labute approximate surface area is 194 Å². The van der Waals surface area contributed by atoms with Crippen molar-refractivity contribution in [1.29, 1.82) is 0 Å². The molecule has 1 aromatic heterocycles. The number of nitrogens with one attached hydrogen (secondary N) is 1. The Morgan fingerprint density at radius 3 is 2.66 bits per heavy atom. The number of aromatic nitrogens is 2. The molecule has 7 nitrogen and oxygen atoms in total. The van der Waals surface area contributed by atoms with Crippen LogP contribution in [0.2, 0.25) is 5.02 Å². The summed E-state index contributed by atoms with van der Waals surface area (Å²) in [6.45, 7) is 5.95. The van der Waals surface area contributed by atoms with Gasteiger partial charge in [-0.1, -0.05) is 11.6 Å². The second-order valence-electron chi connectivity index (χ2n) is 9.25. The standard InChI is InChI=1S/C24H32ClN5O2/c25-18-5-6-20-21(14-18)27-22(28-23(20)26-15-19-4-3-13-32-19)16-29-11-7-17(8-12-29)24(31)30-9-1-2-10-30/h5-6,14,17,19H,1-4,7-13,15-16H2,(H,26,27,28). The first kappa shape index (κ1) is 21.9. The van der Waals surface area contributed by atoms with Gasteiger partial charge in [0, 0.05) is 42.6 Å². The van der Waals surface area contributed by atoms with Gasteiger partial charge in [0.15, 0.2) is 0 Å². The van der Waals surface area contributed by atoms with Gasteiger partial charge in [-0.3, -0.25) is 9.69 Å². The van der Waals surface area contributed by atoms with E-state index < -0.39 is 0 Å². The minimum atomic E-state index is 0.171. The molecule has 4 heterocycles. The number of piperidine rings is 1. The molecule has 172 valence electrons. The van der Waals surface area contributed by atoms with Crippen LogP contribution in [0.25, 0.3) is 10.9 Å². The van der Waals surface area contributed by atoms with Crippen LogP contribution < -0.4 is 5.32 Å². The fraction of sp³-hybridized carbons (Fsp3) is 0.625. The number of hydrogen-bond donors (Lipinski definition) is 1. The van der Waals surface area contributed by atoms with Crippen molar-refractivity contribution in [3.8, 4) is 0 Å². The first-order valence-corrected chi connectivity index (χ1v) is 12.4. The number of fused-ring (bicyclic) bond motifs is 1. The van der Waals surface area contributed by atoms with Gasteiger partial charge >= 0.3 is 0 Å². The molecule has 3 fully saturated rings. The van der Waals surface area contributed by atoms with E-state index in [0.29, 0.717) is 17.5 Å². The van der Waals surface area contributed by atoms with Crippen LogP contribution >= 0.6 is 11.6 Å². The van der Waals surface area contributed by atoms with Gasteiger partial charge in [0.25, 0.3) is 0 Å². The lowest BCUT2D eigenvalue weighted by molar-refractivity contribution is -0.136. The number of anilines is 1. The fourth-order valence-electron chi connectivity index (χ4n) is 5.11. The summed E-state index contributed by atoms with van der Waals surface area (Å²) in [4.78, 5) is 26.8. The van der Waals surface area contributed by atoms with Crippen LogP contribution in [0.15, 0.2) is 18.2 Å². The third kappa shape index (κ3) is 5.00. The minimum Gasteiger partial charge on any atom is -0.376 e. The Bertz CT molecular complexity index is 951. The predicted octanol–water partition coefficient (Wildman–Crippen LogP) is 3.71. The van der Waals surface area contributed by atoms with Gasteiger partial charge in [0.2, 0.25) is 5.91 Å². The van der Waals surface area contributed by atoms with E-state index in [1.807, 2.05) is 18.2 Å². The van der Waals surface area contributed by atoms with E-state index in [-0.39, 0.29) is 12.0 Å². The lowest BCUT2D eigenvalue weighted by Gasteiger charge is -2.32. The average Bonchev–Trinajstić information content (AvgIpc) is 3.52. The molecule has 0 bridgehead atoms. The largest absolute Gasteiger partial charge is 0.376 e. The molecule has 1 unspecified atom stereocenters. The topological polar surface area (TPSA) is 70.6 Å². The SMILES string of the molecule is O=C(C1CCN(Cc2nc(NCC3CCCO3)c3ccc(Cl)cc3n2)CC1)N1CCCC1. The molecular formula is C24H32ClN5O2. The van der Waals surface area contributed by atoms with Crippen LogP contribution in [0.5, 0.6) is 0 Å². The molecule has 0 radical (unpaired) electrons. The van der Waals surface area contributed by atoms with Crippen LogP contribution in [0, 0.1) is 5.92 Å². The molecular weight excluding hydrogens is 426 g/mol. The lowest BCUT2D eigenvalue weighted by Crippen LogP contribution is -2.41. The van der Waals surface area contributed by atoms with Crippen LogP contribution in [0.1, 0.15) is 44.3 Å². The molecule has 3 aliphatic rings. The molecule has 0 spiro atoms. The summed E-state index contributed by atoms with van der Waals surface area (Å²) in [6, 6.07) is 5.77. The molecule has 1 amide bonds. The maximum Gasteiger partial charge on any atom is 0.225 e. The number of carbonyl (C=O) groups excluding carboxylic acids is 1. The zero-order valence-corrected chi connectivity index (χ0v) is 19.3. The van der Waals surface area contributed by atoms with Crippen LogP contribution in [0.3, 0.4) is 0 Å². The molecule has 0 saturated carbocycles. The smallest absolute Gasteiger partial charge is 0.225 e. The number of nitrogens with zero attached hydrogens (tertiary/aromatic N) is 4. The van der Waals surface area contributed by atoms with Gasteiger partial charge in [-0.15, -0.1) is 0 Å². The normalized spacial score (nSPS) is 22.7. The molecule has 8 heteroatoms. The summed E-state index contributed by atoms with van der Waals surface area (Å²) >= 11 is 6.25. The summed E-state index contributed by atoms with van der Waals surface area (Å²) < 4.78 is 5.76. The molecule has 0 aliphatic carbocycles. The van der Waals surface area contributed by atoms with Crippen LogP contribution in [0.4, 0.5) is 5.82 Å². The fourth-order valence-corrected chi connectivity index (χ4v) is 5.27. The highest BCUT2D eigenvalue weighted by atomic mass is 35.5. The van der Waals surface area contributed by atoms with Crippen molar-refractivity contribution in [1.82, 2.24) is 19.8 Å². The van der Waals surface area contributed by atoms with Crippen molar-refractivity contribution < 1.29 is 9.53 Å². The highest BCUT2D eigenvalue weighted by Crippen LogP contribution is 2.26. The minimum absolute atomic E-state index is 0.171. The first-order valence-electron chi connectivity index (χ1n) is 12.0. The van der Waals surface area contributed by atoms with Crippen molar-refractivity contribution >= 4 is 34.2 Å². The number of rotatable bonds is 6. The number of amides is 1. The van der Waals surface area contributed by atoms with Gasteiger partial charge in [-0.05, 0) is 69.8 Å².